The molecule has 1 nitrogen and oxygen atoms in total. The lowest BCUT2D eigenvalue weighted by atomic mass is 10.0. The maximum absolute atomic E-state index is 6.03. The van der Waals surface area contributed by atoms with Crippen LogP contribution >= 0.6 is 11.8 Å². The molecule has 1 unspecified atom stereocenters. The molecule has 0 heterocycles. The Balaban J connectivity index is 2.11. The minimum Gasteiger partial charge on any atom is -0.327 e. The molecule has 0 aliphatic rings. The molecule has 0 aliphatic carbocycles. The van der Waals surface area contributed by atoms with Crippen LogP contribution in [0.1, 0.15) is 30.0 Å². The molecule has 2 N–H and O–H groups in total. The normalized spacial score (nSPS) is 12.4. The lowest BCUT2D eigenvalue weighted by Crippen LogP contribution is -2.21. The molecule has 0 radical (unpaired) electrons. The number of hydrogen-bond donors (Lipinski definition) is 1. The number of nitrogens with two attached hydrogens (primary N) is 1. The van der Waals surface area contributed by atoms with Crippen LogP contribution in [0.3, 0.4) is 0 Å². The van der Waals surface area contributed by atoms with Gasteiger partial charge in [-0.25, -0.2) is 0 Å². The fraction of sp³-hybridized carbons (Fsp3) is 0.333. The topological polar surface area (TPSA) is 26.0 Å². The molecule has 20 heavy (non-hydrogen) atoms. The van der Waals surface area contributed by atoms with Crippen molar-refractivity contribution >= 4 is 11.8 Å². The van der Waals surface area contributed by atoms with Gasteiger partial charge in [-0.3, -0.25) is 0 Å². The quantitative estimate of drug-likeness (QED) is 0.859. The Bertz CT molecular complexity index is 560. The maximum Gasteiger partial charge on any atom is 0.0151 e. The van der Waals surface area contributed by atoms with Gasteiger partial charge in [-0.05, 0) is 56.0 Å². The van der Waals surface area contributed by atoms with Crippen LogP contribution in [0.2, 0.25) is 0 Å². The van der Waals surface area contributed by atoms with Gasteiger partial charge in [0.2, 0.25) is 0 Å². The third kappa shape index (κ3) is 4.12. The van der Waals surface area contributed by atoms with Gasteiger partial charge >= 0.3 is 0 Å². The molecular formula is C18H23NS. The van der Waals surface area contributed by atoms with E-state index in [1.165, 1.54) is 26.5 Å². The molecule has 1 atom stereocenters. The lowest BCUT2D eigenvalue weighted by Gasteiger charge is -2.11. The predicted octanol–water partition coefficient (Wildman–Crippen LogP) is 4.73. The second-order valence-corrected chi connectivity index (χ2v) is 6.50. The highest BCUT2D eigenvalue weighted by molar-refractivity contribution is 7.99. The fourth-order valence-electron chi connectivity index (χ4n) is 2.13. The second kappa shape index (κ2) is 6.96. The molecule has 0 saturated heterocycles. The van der Waals surface area contributed by atoms with Crippen LogP contribution < -0.4 is 5.73 Å². The largest absolute Gasteiger partial charge is 0.327 e. The minimum atomic E-state index is 0.269. The van der Waals surface area contributed by atoms with Crippen molar-refractivity contribution in [2.75, 3.05) is 0 Å². The van der Waals surface area contributed by atoms with Crippen molar-refractivity contribution < 1.29 is 0 Å². The number of hydrogen-bond acceptors (Lipinski definition) is 2. The molecule has 0 fully saturated rings. The summed E-state index contributed by atoms with van der Waals surface area (Å²) in [5.74, 6) is 0. The van der Waals surface area contributed by atoms with E-state index in [2.05, 4.69) is 63.2 Å². The molecule has 0 aromatic heterocycles. The Morgan fingerprint density at radius 2 is 1.75 bits per heavy atom. The maximum atomic E-state index is 6.03. The first-order valence-corrected chi connectivity index (χ1v) is 7.99. The van der Waals surface area contributed by atoms with Gasteiger partial charge < -0.3 is 5.73 Å². The molecule has 0 amide bonds. The summed E-state index contributed by atoms with van der Waals surface area (Å²) in [6.07, 6.45) is 1.99. The third-order valence-corrected chi connectivity index (χ3v) is 4.70. The summed E-state index contributed by atoms with van der Waals surface area (Å²) in [6.45, 7) is 6.43. The summed E-state index contributed by atoms with van der Waals surface area (Å²) >= 11 is 1.83. The van der Waals surface area contributed by atoms with Gasteiger partial charge in [0.1, 0.15) is 0 Å². The van der Waals surface area contributed by atoms with Crippen molar-refractivity contribution in [1.29, 1.82) is 0 Å². The molecule has 0 aliphatic heterocycles. The molecular weight excluding hydrogens is 262 g/mol. The molecule has 2 aromatic carbocycles. The standard InChI is InChI=1S/C18H23NS/c1-4-16(19)12-15-7-10-18(14(3)11-15)20-17-8-5-13(2)6-9-17/h5-11,16H,4,12,19H2,1-3H3. The van der Waals surface area contributed by atoms with E-state index in [0.717, 1.165) is 12.8 Å². The van der Waals surface area contributed by atoms with E-state index in [-0.39, 0.29) is 6.04 Å². The summed E-state index contributed by atoms with van der Waals surface area (Å²) < 4.78 is 0. The highest BCUT2D eigenvalue weighted by Crippen LogP contribution is 2.31. The molecule has 0 saturated carbocycles. The van der Waals surface area contributed by atoms with Crippen LogP contribution in [0.15, 0.2) is 52.3 Å². The Hall–Kier alpha value is -1.25. The summed E-state index contributed by atoms with van der Waals surface area (Å²) in [5, 5.41) is 0. The molecule has 106 valence electrons. The van der Waals surface area contributed by atoms with Gasteiger partial charge in [0.15, 0.2) is 0 Å². The van der Waals surface area contributed by atoms with Gasteiger partial charge in [-0.15, -0.1) is 0 Å². The average molecular weight is 285 g/mol. The summed E-state index contributed by atoms with van der Waals surface area (Å²) in [4.78, 5) is 2.61. The van der Waals surface area contributed by atoms with Crippen LogP contribution in [-0.2, 0) is 6.42 Å². The van der Waals surface area contributed by atoms with E-state index in [9.17, 15) is 0 Å². The number of aryl methyl sites for hydroxylation is 2. The van der Waals surface area contributed by atoms with Crippen LogP contribution in [0.25, 0.3) is 0 Å². The molecule has 2 aromatic rings. The Labute approximate surface area is 126 Å². The zero-order chi connectivity index (χ0) is 14.5. The first-order valence-electron chi connectivity index (χ1n) is 7.18. The highest BCUT2D eigenvalue weighted by Gasteiger charge is 2.05. The van der Waals surface area contributed by atoms with E-state index in [1.807, 2.05) is 11.8 Å². The van der Waals surface area contributed by atoms with Crippen molar-refractivity contribution in [3.8, 4) is 0 Å². The summed E-state index contributed by atoms with van der Waals surface area (Å²) in [6, 6.07) is 15.6. The Kier molecular flexibility index (Phi) is 5.27. The van der Waals surface area contributed by atoms with Gasteiger partial charge in [0, 0.05) is 15.8 Å². The zero-order valence-corrected chi connectivity index (χ0v) is 13.3. The average Bonchev–Trinajstić information content (AvgIpc) is 2.44. The monoisotopic (exact) mass is 285 g/mol. The van der Waals surface area contributed by atoms with Crippen LogP contribution in [0.5, 0.6) is 0 Å². The molecule has 0 spiro atoms. The zero-order valence-electron chi connectivity index (χ0n) is 12.5. The van der Waals surface area contributed by atoms with Crippen molar-refractivity contribution in [3.63, 3.8) is 0 Å². The molecule has 2 heteroatoms. The van der Waals surface area contributed by atoms with Crippen LogP contribution in [0, 0.1) is 13.8 Å². The minimum absolute atomic E-state index is 0.269. The van der Waals surface area contributed by atoms with E-state index < -0.39 is 0 Å². The highest BCUT2D eigenvalue weighted by atomic mass is 32.2. The second-order valence-electron chi connectivity index (χ2n) is 5.39. The first kappa shape index (κ1) is 15.1. The number of rotatable bonds is 5. The lowest BCUT2D eigenvalue weighted by molar-refractivity contribution is 0.646. The summed E-state index contributed by atoms with van der Waals surface area (Å²) in [5.41, 5.74) is 9.99. The van der Waals surface area contributed by atoms with Gasteiger partial charge in [0.05, 0.1) is 0 Å². The van der Waals surface area contributed by atoms with Crippen molar-refractivity contribution in [1.82, 2.24) is 0 Å². The van der Waals surface area contributed by atoms with Crippen LogP contribution in [0.4, 0.5) is 0 Å². The molecule has 2 rings (SSSR count). The van der Waals surface area contributed by atoms with Gasteiger partial charge in [0.25, 0.3) is 0 Å². The van der Waals surface area contributed by atoms with E-state index in [1.54, 1.807) is 0 Å². The van der Waals surface area contributed by atoms with Gasteiger partial charge in [-0.2, -0.15) is 0 Å². The van der Waals surface area contributed by atoms with E-state index >= 15 is 0 Å². The van der Waals surface area contributed by atoms with Crippen molar-refractivity contribution in [3.05, 3.63) is 59.2 Å². The van der Waals surface area contributed by atoms with Crippen molar-refractivity contribution in [2.45, 2.75) is 49.4 Å². The first-order chi connectivity index (χ1) is 9.58. The third-order valence-electron chi connectivity index (χ3n) is 3.51. The molecule has 0 bridgehead atoms. The Morgan fingerprint density at radius 3 is 2.35 bits per heavy atom. The number of benzene rings is 2. The fourth-order valence-corrected chi connectivity index (χ4v) is 3.02. The van der Waals surface area contributed by atoms with Crippen LogP contribution in [-0.4, -0.2) is 6.04 Å². The van der Waals surface area contributed by atoms with Crippen molar-refractivity contribution in [2.24, 2.45) is 5.73 Å². The van der Waals surface area contributed by atoms with E-state index in [4.69, 9.17) is 5.73 Å². The Morgan fingerprint density at radius 1 is 1.05 bits per heavy atom. The smallest absolute Gasteiger partial charge is 0.0151 e. The SMILES string of the molecule is CCC(N)Cc1ccc(Sc2ccc(C)cc2)c(C)c1. The van der Waals surface area contributed by atoms with Gasteiger partial charge in [-0.1, -0.05) is 48.5 Å². The predicted molar refractivity (Wildman–Crippen MR) is 88.5 cm³/mol. The summed E-state index contributed by atoms with van der Waals surface area (Å²) in [7, 11) is 0. The van der Waals surface area contributed by atoms with E-state index in [0.29, 0.717) is 0 Å².